The second-order valence-corrected chi connectivity index (χ2v) is 11.6. The number of alkyl halides is 1. The normalized spacial score (nSPS) is 17.3. The fourth-order valence-corrected chi connectivity index (χ4v) is 5.24. The predicted molar refractivity (Wildman–Crippen MR) is 147 cm³/mol. The monoisotopic (exact) mass is 608 g/mol. The van der Waals surface area contributed by atoms with Gasteiger partial charge in [0, 0.05) is 48.9 Å². The fraction of sp³-hybridized carbons (Fsp3) is 0.296. The Kier molecular flexibility index (Phi) is 8.14. The van der Waals surface area contributed by atoms with Crippen molar-refractivity contribution < 1.29 is 35.1 Å². The van der Waals surface area contributed by atoms with E-state index in [9.17, 15) is 21.6 Å². The van der Waals surface area contributed by atoms with Crippen molar-refractivity contribution in [1.29, 1.82) is 0 Å². The summed E-state index contributed by atoms with van der Waals surface area (Å²) in [4.78, 5) is 12.8. The molecule has 2 aromatic heterocycles. The van der Waals surface area contributed by atoms with Crippen LogP contribution in [-0.2, 0) is 10.0 Å². The van der Waals surface area contributed by atoms with Gasteiger partial charge >= 0.3 is 0 Å². The third-order valence-electron chi connectivity index (χ3n) is 6.72. The number of anilines is 2. The number of rotatable bonds is 8. The van der Waals surface area contributed by atoms with E-state index in [1.165, 1.54) is 32.3 Å². The van der Waals surface area contributed by atoms with Crippen molar-refractivity contribution in [3.63, 3.8) is 0 Å². The third kappa shape index (κ3) is 5.79. The number of fused-ring (bicyclic) bond motifs is 1. The van der Waals surface area contributed by atoms with Gasteiger partial charge < -0.3 is 15.4 Å². The number of hydrogen-bond acceptors (Lipinski definition) is 8. The van der Waals surface area contributed by atoms with Gasteiger partial charge in [0.15, 0.2) is 23.3 Å². The Labute approximate surface area is 237 Å². The van der Waals surface area contributed by atoms with Crippen LogP contribution in [0.2, 0.25) is 0 Å². The SMILES string of the molecule is CCS(=O)(=O)Nc1c(F)c(C)c(Oc2ncccc2-c2ccnc(N[C@@H]3CNC[C@@H](F)C3)n2)c2c(F)c(F)c(F)cc12. The first kappa shape index (κ1) is 29.4. The minimum Gasteiger partial charge on any atom is -0.437 e. The maximum Gasteiger partial charge on any atom is 0.232 e. The first-order chi connectivity index (χ1) is 20.0. The zero-order valence-electron chi connectivity index (χ0n) is 22.3. The van der Waals surface area contributed by atoms with Crippen LogP contribution in [0.3, 0.4) is 0 Å². The number of ether oxygens (including phenoxy) is 1. The van der Waals surface area contributed by atoms with Gasteiger partial charge in [-0.3, -0.25) is 4.72 Å². The van der Waals surface area contributed by atoms with Crippen LogP contribution in [0.25, 0.3) is 22.0 Å². The largest absolute Gasteiger partial charge is 0.437 e. The zero-order valence-corrected chi connectivity index (χ0v) is 23.1. The van der Waals surface area contributed by atoms with Gasteiger partial charge in [-0.2, -0.15) is 0 Å². The Bertz CT molecular complexity index is 1780. The molecule has 3 N–H and O–H groups in total. The molecule has 4 aromatic rings. The van der Waals surface area contributed by atoms with Gasteiger partial charge in [-0.25, -0.2) is 45.3 Å². The van der Waals surface area contributed by atoms with Crippen LogP contribution in [-0.4, -0.2) is 54.4 Å². The summed E-state index contributed by atoms with van der Waals surface area (Å²) < 4.78 is 106. The standard InChI is InChI=1S/C27H25F5N6O3S/c1-3-42(39,40)38-24-17-10-18(29)22(31)23(32)20(17)25(13(2)21(24)30)41-26-16(5-4-7-34-26)19-6-8-35-27(37-19)36-15-9-14(28)11-33-12-15/h4-8,10,14-15,33,38H,3,9,11-12H2,1-2H3,(H,35,36,37)/t14-,15-/m0/s1. The van der Waals surface area contributed by atoms with Crippen LogP contribution in [0.15, 0.2) is 36.7 Å². The molecule has 1 fully saturated rings. The molecular weight excluding hydrogens is 583 g/mol. The minimum absolute atomic E-state index is 0.187. The van der Waals surface area contributed by atoms with E-state index in [1.807, 2.05) is 4.72 Å². The molecule has 0 saturated carbocycles. The van der Waals surface area contributed by atoms with E-state index in [4.69, 9.17) is 4.74 Å². The maximum absolute atomic E-state index is 15.6. The fourth-order valence-electron chi connectivity index (χ4n) is 4.59. The molecule has 5 rings (SSSR count). The molecule has 1 saturated heterocycles. The first-order valence-electron chi connectivity index (χ1n) is 12.9. The number of hydrogen-bond donors (Lipinski definition) is 3. The molecule has 0 aliphatic carbocycles. The Hall–Kier alpha value is -4.11. The molecule has 222 valence electrons. The van der Waals surface area contributed by atoms with Crippen LogP contribution in [0, 0.1) is 30.2 Å². The van der Waals surface area contributed by atoms with E-state index >= 15 is 8.78 Å². The van der Waals surface area contributed by atoms with E-state index in [1.54, 1.807) is 12.1 Å². The highest BCUT2D eigenvalue weighted by atomic mass is 32.2. The summed E-state index contributed by atoms with van der Waals surface area (Å²) >= 11 is 0. The summed E-state index contributed by atoms with van der Waals surface area (Å²) in [6.07, 6.45) is 2.01. The summed E-state index contributed by atoms with van der Waals surface area (Å²) in [5.41, 5.74) is -0.619. The Morgan fingerprint density at radius 2 is 1.86 bits per heavy atom. The van der Waals surface area contributed by atoms with Crippen molar-refractivity contribution in [3.8, 4) is 22.9 Å². The Balaban J connectivity index is 1.60. The number of pyridine rings is 1. The summed E-state index contributed by atoms with van der Waals surface area (Å²) in [7, 11) is -4.10. The number of aromatic nitrogens is 3. The quantitative estimate of drug-likeness (QED) is 0.184. The average Bonchev–Trinajstić information content (AvgIpc) is 2.97. The van der Waals surface area contributed by atoms with Gasteiger partial charge in [0.25, 0.3) is 0 Å². The molecule has 0 spiro atoms. The molecule has 1 aliphatic rings. The van der Waals surface area contributed by atoms with E-state index in [2.05, 4.69) is 25.6 Å². The summed E-state index contributed by atoms with van der Waals surface area (Å²) in [5, 5.41) is 4.74. The van der Waals surface area contributed by atoms with Gasteiger partial charge in [-0.1, -0.05) is 0 Å². The number of piperidine rings is 1. The molecule has 0 unspecified atom stereocenters. The number of nitrogens with zero attached hydrogens (tertiary/aromatic N) is 3. The van der Waals surface area contributed by atoms with Crippen LogP contribution < -0.4 is 20.1 Å². The maximum atomic E-state index is 15.6. The molecule has 0 amide bonds. The Morgan fingerprint density at radius 1 is 1.07 bits per heavy atom. The molecule has 0 bridgehead atoms. The first-order valence-corrected chi connectivity index (χ1v) is 14.5. The molecule has 1 aliphatic heterocycles. The van der Waals surface area contributed by atoms with Crippen LogP contribution >= 0.6 is 0 Å². The average molecular weight is 609 g/mol. The number of benzene rings is 2. The lowest BCUT2D eigenvalue weighted by Gasteiger charge is -2.26. The molecular formula is C27H25F5N6O3S. The van der Waals surface area contributed by atoms with Crippen LogP contribution in [0.5, 0.6) is 11.6 Å². The van der Waals surface area contributed by atoms with Crippen molar-refractivity contribution in [1.82, 2.24) is 20.3 Å². The van der Waals surface area contributed by atoms with Crippen molar-refractivity contribution in [2.24, 2.45) is 0 Å². The lowest BCUT2D eigenvalue weighted by Crippen LogP contribution is -2.44. The minimum atomic E-state index is -4.10. The van der Waals surface area contributed by atoms with E-state index in [0.29, 0.717) is 12.6 Å². The molecule has 3 heterocycles. The van der Waals surface area contributed by atoms with Gasteiger partial charge in [0.2, 0.25) is 21.9 Å². The number of nitrogens with one attached hydrogen (secondary N) is 3. The Morgan fingerprint density at radius 3 is 2.60 bits per heavy atom. The highest BCUT2D eigenvalue weighted by molar-refractivity contribution is 7.92. The highest BCUT2D eigenvalue weighted by Gasteiger charge is 2.28. The van der Waals surface area contributed by atoms with Crippen LogP contribution in [0.4, 0.5) is 33.6 Å². The van der Waals surface area contributed by atoms with Crippen molar-refractivity contribution in [3.05, 3.63) is 65.5 Å². The summed E-state index contributed by atoms with van der Waals surface area (Å²) in [6, 6.07) is 4.85. The van der Waals surface area contributed by atoms with E-state index in [0.717, 1.165) is 0 Å². The van der Waals surface area contributed by atoms with E-state index < -0.39 is 73.0 Å². The molecule has 0 radical (unpaired) electrons. The second-order valence-electron chi connectivity index (χ2n) is 9.61. The highest BCUT2D eigenvalue weighted by Crippen LogP contribution is 2.44. The lowest BCUT2D eigenvalue weighted by molar-refractivity contribution is 0.254. The van der Waals surface area contributed by atoms with Gasteiger partial charge in [0.05, 0.1) is 28.1 Å². The van der Waals surface area contributed by atoms with Gasteiger partial charge in [-0.05, 0) is 38.1 Å². The van der Waals surface area contributed by atoms with Crippen LogP contribution in [0.1, 0.15) is 18.9 Å². The number of sulfonamides is 1. The second kappa shape index (κ2) is 11.6. The molecule has 9 nitrogen and oxygen atoms in total. The van der Waals surface area contributed by atoms with Crippen molar-refractivity contribution >= 4 is 32.4 Å². The summed E-state index contributed by atoms with van der Waals surface area (Å²) in [5.74, 6) is -7.42. The smallest absolute Gasteiger partial charge is 0.232 e. The predicted octanol–water partition coefficient (Wildman–Crippen LogP) is 5.22. The van der Waals surface area contributed by atoms with E-state index in [-0.39, 0.29) is 42.1 Å². The third-order valence-corrected chi connectivity index (χ3v) is 7.99. The lowest BCUT2D eigenvalue weighted by atomic mass is 10.0. The zero-order chi connectivity index (χ0) is 30.2. The van der Waals surface area contributed by atoms with Gasteiger partial charge in [-0.15, -0.1) is 0 Å². The van der Waals surface area contributed by atoms with Gasteiger partial charge in [0.1, 0.15) is 11.9 Å². The number of halogens is 5. The van der Waals surface area contributed by atoms with Crippen molar-refractivity contribution in [2.75, 3.05) is 28.9 Å². The summed E-state index contributed by atoms with van der Waals surface area (Å²) in [6.45, 7) is 3.21. The van der Waals surface area contributed by atoms with Crippen molar-refractivity contribution in [2.45, 2.75) is 32.5 Å². The topological polar surface area (TPSA) is 118 Å². The molecule has 2 atom stereocenters. The molecule has 42 heavy (non-hydrogen) atoms. The molecule has 15 heteroatoms. The molecule has 2 aromatic carbocycles.